The van der Waals surface area contributed by atoms with Crippen LogP contribution in [0.3, 0.4) is 0 Å². The first-order valence-electron chi connectivity index (χ1n) is 6.80. The molecule has 0 aliphatic carbocycles. The van der Waals surface area contributed by atoms with Crippen molar-refractivity contribution in [2.45, 2.75) is 46.5 Å². The van der Waals surface area contributed by atoms with E-state index in [1.807, 2.05) is 33.8 Å². The molecule has 110 valence electrons. The molecule has 0 bridgehead atoms. The van der Waals surface area contributed by atoms with Crippen LogP contribution in [0.2, 0.25) is 0 Å². The summed E-state index contributed by atoms with van der Waals surface area (Å²) in [5, 5.41) is 9.54. The zero-order valence-electron chi connectivity index (χ0n) is 12.7. The molecule has 0 saturated carbocycles. The molecule has 0 atom stereocenters. The smallest absolute Gasteiger partial charge is 0.339 e. The van der Waals surface area contributed by atoms with Crippen molar-refractivity contribution in [2.75, 3.05) is 6.61 Å². The highest BCUT2D eigenvalue weighted by Gasteiger charge is 2.29. The number of aryl methyl sites for hydroxylation is 1. The number of rotatable bonds is 4. The van der Waals surface area contributed by atoms with Gasteiger partial charge >= 0.3 is 11.9 Å². The number of hydrogen-bond acceptors (Lipinski definition) is 3. The minimum Gasteiger partial charge on any atom is -0.478 e. The van der Waals surface area contributed by atoms with Crippen LogP contribution in [0.15, 0.2) is 12.1 Å². The van der Waals surface area contributed by atoms with Gasteiger partial charge in [0.2, 0.25) is 0 Å². The Labute approximate surface area is 119 Å². The summed E-state index contributed by atoms with van der Waals surface area (Å²) in [4.78, 5) is 23.6. The second-order valence-electron chi connectivity index (χ2n) is 5.65. The van der Waals surface area contributed by atoms with Crippen molar-refractivity contribution >= 4 is 11.9 Å². The number of carboxylic acid groups (broad SMARTS) is 1. The third kappa shape index (κ3) is 3.18. The van der Waals surface area contributed by atoms with Gasteiger partial charge in [-0.3, -0.25) is 0 Å². The quantitative estimate of drug-likeness (QED) is 0.857. The van der Waals surface area contributed by atoms with Gasteiger partial charge in [0, 0.05) is 0 Å². The maximum Gasteiger partial charge on any atom is 0.339 e. The molecule has 4 nitrogen and oxygen atoms in total. The molecule has 1 rings (SSSR count). The number of hydrogen-bond donors (Lipinski definition) is 1. The summed E-state index contributed by atoms with van der Waals surface area (Å²) < 4.78 is 4.96. The fourth-order valence-corrected chi connectivity index (χ4v) is 2.40. The van der Waals surface area contributed by atoms with Crippen LogP contribution in [-0.2, 0) is 16.6 Å². The molecule has 0 radical (unpaired) electrons. The van der Waals surface area contributed by atoms with E-state index < -0.39 is 11.9 Å². The van der Waals surface area contributed by atoms with E-state index in [0.717, 1.165) is 12.0 Å². The molecule has 0 amide bonds. The number of ether oxygens (including phenoxy) is 1. The SMILES string of the molecule is CCOC(=O)c1ccc(CC)c(C(C)(C)C)c1C(=O)O. The van der Waals surface area contributed by atoms with Crippen LogP contribution < -0.4 is 0 Å². The second-order valence-corrected chi connectivity index (χ2v) is 5.65. The minimum absolute atomic E-state index is 0.0651. The van der Waals surface area contributed by atoms with Crippen molar-refractivity contribution in [1.82, 2.24) is 0 Å². The predicted octanol–water partition coefficient (Wildman–Crippen LogP) is 3.42. The van der Waals surface area contributed by atoms with Gasteiger partial charge in [-0.05, 0) is 36.0 Å². The van der Waals surface area contributed by atoms with Crippen LogP contribution in [0.1, 0.15) is 66.5 Å². The molecule has 1 N–H and O–H groups in total. The normalized spacial score (nSPS) is 11.2. The molecular formula is C16H22O4. The topological polar surface area (TPSA) is 63.6 Å². The Morgan fingerprint density at radius 1 is 1.20 bits per heavy atom. The van der Waals surface area contributed by atoms with Crippen molar-refractivity contribution < 1.29 is 19.4 Å². The third-order valence-electron chi connectivity index (χ3n) is 3.13. The molecule has 20 heavy (non-hydrogen) atoms. The van der Waals surface area contributed by atoms with Gasteiger partial charge in [0.15, 0.2) is 0 Å². The van der Waals surface area contributed by atoms with E-state index in [1.165, 1.54) is 0 Å². The molecular weight excluding hydrogens is 256 g/mol. The van der Waals surface area contributed by atoms with Crippen molar-refractivity contribution in [2.24, 2.45) is 0 Å². The van der Waals surface area contributed by atoms with Crippen LogP contribution in [0, 0.1) is 0 Å². The predicted molar refractivity (Wildman–Crippen MR) is 77.4 cm³/mol. The van der Waals surface area contributed by atoms with Gasteiger partial charge in [-0.1, -0.05) is 33.8 Å². The first-order valence-corrected chi connectivity index (χ1v) is 6.80. The molecule has 0 spiro atoms. The molecule has 0 fully saturated rings. The summed E-state index contributed by atoms with van der Waals surface area (Å²) in [6, 6.07) is 3.37. The van der Waals surface area contributed by atoms with E-state index in [0.29, 0.717) is 5.56 Å². The number of carbonyl (C=O) groups excluding carboxylic acids is 1. The summed E-state index contributed by atoms with van der Waals surface area (Å²) >= 11 is 0. The van der Waals surface area contributed by atoms with Gasteiger partial charge in [-0.2, -0.15) is 0 Å². The van der Waals surface area contributed by atoms with Gasteiger partial charge in [0.1, 0.15) is 0 Å². The van der Waals surface area contributed by atoms with Gasteiger partial charge in [0.25, 0.3) is 0 Å². The molecule has 0 saturated heterocycles. The van der Waals surface area contributed by atoms with E-state index in [9.17, 15) is 14.7 Å². The molecule has 4 heteroatoms. The fraction of sp³-hybridized carbons (Fsp3) is 0.500. The first-order chi connectivity index (χ1) is 9.23. The van der Waals surface area contributed by atoms with Crippen LogP contribution in [0.25, 0.3) is 0 Å². The van der Waals surface area contributed by atoms with Crippen LogP contribution in [0.4, 0.5) is 0 Å². The van der Waals surface area contributed by atoms with Crippen LogP contribution in [0.5, 0.6) is 0 Å². The number of carbonyl (C=O) groups is 2. The van der Waals surface area contributed by atoms with Crippen molar-refractivity contribution in [3.63, 3.8) is 0 Å². The van der Waals surface area contributed by atoms with Gasteiger partial charge < -0.3 is 9.84 Å². The van der Waals surface area contributed by atoms with Gasteiger partial charge in [0.05, 0.1) is 17.7 Å². The molecule has 0 aromatic heterocycles. The summed E-state index contributed by atoms with van der Waals surface area (Å²) in [5.74, 6) is -1.67. The summed E-state index contributed by atoms with van der Waals surface area (Å²) in [7, 11) is 0. The lowest BCUT2D eigenvalue weighted by Gasteiger charge is -2.26. The van der Waals surface area contributed by atoms with Crippen molar-refractivity contribution in [1.29, 1.82) is 0 Å². The molecule has 0 aliphatic heterocycles. The Morgan fingerprint density at radius 3 is 2.20 bits per heavy atom. The standard InChI is InChI=1S/C16H22O4/c1-6-10-8-9-11(15(19)20-7-2)12(14(17)18)13(10)16(3,4)5/h8-9H,6-7H2,1-5H3,(H,17,18). The highest BCUT2D eigenvalue weighted by molar-refractivity contribution is 6.04. The van der Waals surface area contributed by atoms with Gasteiger partial charge in [-0.15, -0.1) is 0 Å². The number of carboxylic acids is 1. The first kappa shape index (κ1) is 16.2. The van der Waals surface area contributed by atoms with Crippen molar-refractivity contribution in [3.05, 3.63) is 34.4 Å². The zero-order valence-corrected chi connectivity index (χ0v) is 12.7. The Balaban J connectivity index is 3.65. The molecule has 0 heterocycles. The maximum absolute atomic E-state index is 12.0. The zero-order chi connectivity index (χ0) is 15.5. The largest absolute Gasteiger partial charge is 0.478 e. The Morgan fingerprint density at radius 2 is 1.80 bits per heavy atom. The maximum atomic E-state index is 12.0. The lowest BCUT2D eigenvalue weighted by atomic mass is 9.78. The Hall–Kier alpha value is -1.84. The molecule has 0 aliphatic rings. The van der Waals surface area contributed by atoms with E-state index >= 15 is 0 Å². The van der Waals surface area contributed by atoms with Gasteiger partial charge in [-0.25, -0.2) is 9.59 Å². The number of benzene rings is 1. The monoisotopic (exact) mass is 278 g/mol. The third-order valence-corrected chi connectivity index (χ3v) is 3.13. The minimum atomic E-state index is -1.09. The van der Waals surface area contributed by atoms with E-state index in [2.05, 4.69) is 0 Å². The lowest BCUT2D eigenvalue weighted by Crippen LogP contribution is -2.23. The Bertz CT molecular complexity index is 524. The van der Waals surface area contributed by atoms with Crippen molar-refractivity contribution in [3.8, 4) is 0 Å². The summed E-state index contributed by atoms with van der Waals surface area (Å²) in [5.41, 5.74) is 1.49. The average molecular weight is 278 g/mol. The second kappa shape index (κ2) is 6.07. The molecule has 1 aromatic rings. The highest BCUT2D eigenvalue weighted by Crippen LogP contribution is 2.32. The lowest BCUT2D eigenvalue weighted by molar-refractivity contribution is 0.0514. The van der Waals surface area contributed by atoms with E-state index in [-0.39, 0.29) is 23.1 Å². The summed E-state index contributed by atoms with van der Waals surface area (Å²) in [6.45, 7) is 9.73. The Kier molecular flexibility index (Phi) is 4.93. The van der Waals surface area contributed by atoms with E-state index in [1.54, 1.807) is 13.0 Å². The van der Waals surface area contributed by atoms with Crippen LogP contribution in [-0.4, -0.2) is 23.7 Å². The van der Waals surface area contributed by atoms with Crippen LogP contribution >= 0.6 is 0 Å². The summed E-state index contributed by atoms with van der Waals surface area (Å²) in [6.07, 6.45) is 0.718. The number of esters is 1. The fourth-order valence-electron chi connectivity index (χ4n) is 2.40. The van der Waals surface area contributed by atoms with E-state index in [4.69, 9.17) is 4.74 Å². The average Bonchev–Trinajstić information content (AvgIpc) is 2.35. The molecule has 0 unspecified atom stereocenters. The highest BCUT2D eigenvalue weighted by atomic mass is 16.5. The molecule has 1 aromatic carbocycles. The number of aromatic carboxylic acids is 1.